The molecule has 1 aliphatic carbocycles. The summed E-state index contributed by atoms with van der Waals surface area (Å²) in [5.41, 5.74) is 7.37. The van der Waals surface area contributed by atoms with Gasteiger partial charge < -0.3 is 5.73 Å². The molecule has 2 N–H and O–H groups in total. The molecule has 0 aromatic heterocycles. The molecule has 0 saturated heterocycles. The first kappa shape index (κ1) is 10.7. The summed E-state index contributed by atoms with van der Waals surface area (Å²) in [6.07, 6.45) is 3.84. The van der Waals surface area contributed by atoms with Crippen molar-refractivity contribution in [1.29, 1.82) is 0 Å². The van der Waals surface area contributed by atoms with E-state index in [1.165, 1.54) is 18.4 Å². The second-order valence-electron chi connectivity index (χ2n) is 3.95. The van der Waals surface area contributed by atoms with E-state index in [1.807, 2.05) is 12.1 Å². The highest BCUT2D eigenvalue weighted by Gasteiger charge is 2.25. The molecular weight excluding hydrogens is 306 g/mol. The van der Waals surface area contributed by atoms with Crippen molar-refractivity contribution in [3.05, 3.63) is 32.7 Å². The molecule has 0 bridgehead atoms. The van der Waals surface area contributed by atoms with Gasteiger partial charge in [0.25, 0.3) is 0 Å². The molecule has 0 radical (unpaired) electrons. The maximum Gasteiger partial charge on any atom is 0.0309 e. The fraction of sp³-hybridized carbons (Fsp3) is 0.455. The van der Waals surface area contributed by atoms with Crippen molar-refractivity contribution in [2.75, 3.05) is 0 Å². The second kappa shape index (κ2) is 4.33. The summed E-state index contributed by atoms with van der Waals surface area (Å²) >= 11 is 7.01. The van der Waals surface area contributed by atoms with E-state index in [4.69, 9.17) is 5.73 Å². The van der Waals surface area contributed by atoms with Crippen LogP contribution >= 0.6 is 31.9 Å². The number of benzene rings is 1. The molecule has 0 unspecified atom stereocenters. The zero-order valence-corrected chi connectivity index (χ0v) is 11.0. The molecule has 1 aromatic rings. The lowest BCUT2D eigenvalue weighted by Crippen LogP contribution is -2.11. The van der Waals surface area contributed by atoms with Crippen molar-refractivity contribution in [3.63, 3.8) is 0 Å². The van der Waals surface area contributed by atoms with Crippen molar-refractivity contribution in [2.45, 2.75) is 25.3 Å². The lowest BCUT2D eigenvalue weighted by molar-refractivity contribution is 0.595. The molecule has 3 heteroatoms. The number of halogens is 2. The zero-order valence-electron chi connectivity index (χ0n) is 7.84. The van der Waals surface area contributed by atoms with Crippen LogP contribution in [-0.2, 0) is 0 Å². The standard InChI is InChI=1S/C11H13Br2N/c12-8-3-4-10(13)9(6-8)11(14)5-7-1-2-7/h3-4,6-7,11H,1-2,5,14H2/t11-/m1/s1. The predicted molar refractivity (Wildman–Crippen MR) is 66.1 cm³/mol. The molecule has 1 nitrogen and oxygen atoms in total. The Morgan fingerprint density at radius 2 is 2.07 bits per heavy atom. The fourth-order valence-corrected chi connectivity index (χ4v) is 2.56. The molecule has 1 aliphatic rings. The van der Waals surface area contributed by atoms with Crippen LogP contribution in [0.1, 0.15) is 30.9 Å². The second-order valence-corrected chi connectivity index (χ2v) is 5.72. The third kappa shape index (κ3) is 2.59. The van der Waals surface area contributed by atoms with E-state index in [9.17, 15) is 0 Å². The highest BCUT2D eigenvalue weighted by molar-refractivity contribution is 9.11. The van der Waals surface area contributed by atoms with E-state index >= 15 is 0 Å². The summed E-state index contributed by atoms with van der Waals surface area (Å²) in [5.74, 6) is 0.871. The van der Waals surface area contributed by atoms with Gasteiger partial charge in [0.15, 0.2) is 0 Å². The smallest absolute Gasteiger partial charge is 0.0309 e. The van der Waals surface area contributed by atoms with Crippen LogP contribution < -0.4 is 5.73 Å². The largest absolute Gasteiger partial charge is 0.324 e. The SMILES string of the molecule is N[C@H](CC1CC1)c1cc(Br)ccc1Br. The first-order valence-electron chi connectivity index (χ1n) is 4.87. The van der Waals surface area contributed by atoms with Gasteiger partial charge in [-0.05, 0) is 36.1 Å². The Hall–Kier alpha value is 0.140. The Bertz CT molecular complexity index is 334. The van der Waals surface area contributed by atoms with Crippen molar-refractivity contribution in [2.24, 2.45) is 11.7 Å². The normalized spacial score (nSPS) is 18.2. The van der Waals surface area contributed by atoms with Gasteiger partial charge in [-0.2, -0.15) is 0 Å². The van der Waals surface area contributed by atoms with Crippen LogP contribution in [0.3, 0.4) is 0 Å². The molecule has 14 heavy (non-hydrogen) atoms. The minimum atomic E-state index is 0.175. The summed E-state index contributed by atoms with van der Waals surface area (Å²) in [4.78, 5) is 0. The van der Waals surface area contributed by atoms with Gasteiger partial charge in [0.1, 0.15) is 0 Å². The number of hydrogen-bond acceptors (Lipinski definition) is 1. The molecule has 2 rings (SSSR count). The van der Waals surface area contributed by atoms with Crippen LogP contribution in [0.15, 0.2) is 27.1 Å². The van der Waals surface area contributed by atoms with Gasteiger partial charge in [-0.15, -0.1) is 0 Å². The maximum absolute atomic E-state index is 6.15. The molecule has 0 spiro atoms. The van der Waals surface area contributed by atoms with E-state index in [-0.39, 0.29) is 6.04 Å². The third-order valence-electron chi connectivity index (χ3n) is 2.64. The Kier molecular flexibility index (Phi) is 3.30. The van der Waals surface area contributed by atoms with E-state index in [1.54, 1.807) is 0 Å². The summed E-state index contributed by atoms with van der Waals surface area (Å²) in [6, 6.07) is 6.36. The predicted octanol–water partition coefficient (Wildman–Crippen LogP) is 4.01. The Morgan fingerprint density at radius 1 is 1.36 bits per heavy atom. The van der Waals surface area contributed by atoms with Gasteiger partial charge in [-0.1, -0.05) is 44.7 Å². The molecule has 0 aliphatic heterocycles. The Balaban J connectivity index is 2.15. The molecule has 1 atom stereocenters. The summed E-state index contributed by atoms with van der Waals surface area (Å²) < 4.78 is 2.22. The van der Waals surface area contributed by atoms with Crippen molar-refractivity contribution < 1.29 is 0 Å². The van der Waals surface area contributed by atoms with Crippen molar-refractivity contribution in [1.82, 2.24) is 0 Å². The first-order chi connectivity index (χ1) is 6.66. The van der Waals surface area contributed by atoms with Gasteiger partial charge in [-0.25, -0.2) is 0 Å². The van der Waals surface area contributed by atoms with Gasteiger partial charge in [0.05, 0.1) is 0 Å². The average molecular weight is 319 g/mol. The maximum atomic E-state index is 6.15. The molecular formula is C11H13Br2N. The van der Waals surface area contributed by atoms with Crippen LogP contribution in [0.25, 0.3) is 0 Å². The third-order valence-corrected chi connectivity index (χ3v) is 3.86. The number of rotatable bonds is 3. The van der Waals surface area contributed by atoms with Crippen molar-refractivity contribution in [3.8, 4) is 0 Å². The molecule has 0 heterocycles. The van der Waals surface area contributed by atoms with Crippen molar-refractivity contribution >= 4 is 31.9 Å². The van der Waals surface area contributed by atoms with E-state index in [0.717, 1.165) is 21.3 Å². The van der Waals surface area contributed by atoms with E-state index < -0.39 is 0 Å². The Morgan fingerprint density at radius 3 is 2.71 bits per heavy atom. The fourth-order valence-electron chi connectivity index (χ4n) is 1.64. The Labute approximate surface area is 101 Å². The molecule has 76 valence electrons. The van der Waals surface area contributed by atoms with Crippen LogP contribution in [0.2, 0.25) is 0 Å². The van der Waals surface area contributed by atoms with Gasteiger partial charge in [-0.3, -0.25) is 0 Å². The lowest BCUT2D eigenvalue weighted by Gasteiger charge is -2.13. The van der Waals surface area contributed by atoms with E-state index in [2.05, 4.69) is 37.9 Å². The molecule has 1 saturated carbocycles. The first-order valence-corrected chi connectivity index (χ1v) is 6.46. The van der Waals surface area contributed by atoms with Crippen LogP contribution in [-0.4, -0.2) is 0 Å². The highest BCUT2D eigenvalue weighted by Crippen LogP contribution is 2.38. The number of nitrogens with two attached hydrogens (primary N) is 1. The van der Waals surface area contributed by atoms with Crippen LogP contribution in [0.5, 0.6) is 0 Å². The minimum Gasteiger partial charge on any atom is -0.324 e. The lowest BCUT2D eigenvalue weighted by atomic mass is 10.0. The van der Waals surface area contributed by atoms with Gasteiger partial charge in [0, 0.05) is 15.0 Å². The monoisotopic (exact) mass is 317 g/mol. The summed E-state index contributed by atoms with van der Waals surface area (Å²) in [5, 5.41) is 0. The topological polar surface area (TPSA) is 26.0 Å². The van der Waals surface area contributed by atoms with Crippen LogP contribution in [0, 0.1) is 5.92 Å². The minimum absolute atomic E-state index is 0.175. The summed E-state index contributed by atoms with van der Waals surface area (Å²) in [6.45, 7) is 0. The van der Waals surface area contributed by atoms with Gasteiger partial charge in [0.2, 0.25) is 0 Å². The molecule has 1 aromatic carbocycles. The van der Waals surface area contributed by atoms with Gasteiger partial charge >= 0.3 is 0 Å². The quantitative estimate of drug-likeness (QED) is 0.895. The molecule has 0 amide bonds. The zero-order chi connectivity index (χ0) is 10.1. The van der Waals surface area contributed by atoms with Crippen LogP contribution in [0.4, 0.5) is 0 Å². The average Bonchev–Trinajstić information content (AvgIpc) is 2.93. The summed E-state index contributed by atoms with van der Waals surface area (Å²) in [7, 11) is 0. The van der Waals surface area contributed by atoms with E-state index in [0.29, 0.717) is 0 Å². The number of hydrogen-bond donors (Lipinski definition) is 1. The molecule has 1 fully saturated rings. The highest BCUT2D eigenvalue weighted by atomic mass is 79.9.